The number of nitrogens with zero attached hydrogens (tertiary/aromatic N) is 1. The van der Waals surface area contributed by atoms with Crippen LogP contribution in [-0.4, -0.2) is 5.78 Å². The van der Waals surface area contributed by atoms with Crippen LogP contribution in [0.15, 0.2) is 45.5 Å². The van der Waals surface area contributed by atoms with Crippen LogP contribution in [0, 0.1) is 16.7 Å². The van der Waals surface area contributed by atoms with Gasteiger partial charge in [-0.2, -0.15) is 5.26 Å². The average molecular weight is 283 g/mol. The number of ketones is 1. The number of Topliss-reactive ketones (excluding diaryl/α,β-unsaturated/α-hetero) is 1. The van der Waals surface area contributed by atoms with Gasteiger partial charge in [0.15, 0.2) is 5.78 Å². The number of hydrogen-bond donors (Lipinski definition) is 2. The molecule has 3 N–H and O–H groups in total. The molecule has 0 saturated heterocycles. The Hall–Kier alpha value is -2.48. The maximum absolute atomic E-state index is 12.6. The number of nitrogens with one attached hydrogen (secondary N) is 1. The molecule has 0 saturated carbocycles. The van der Waals surface area contributed by atoms with Crippen LogP contribution in [0.5, 0.6) is 0 Å². The molecule has 0 bridgehead atoms. The topological polar surface area (TPSA) is 92.0 Å². The van der Waals surface area contributed by atoms with Gasteiger partial charge in [0.05, 0.1) is 23.8 Å². The number of furan rings is 1. The lowest BCUT2D eigenvalue weighted by Gasteiger charge is -2.37. The number of carbonyl (C=O) groups excluding carboxylic acids is 1. The molecular weight excluding hydrogens is 266 g/mol. The predicted molar refractivity (Wildman–Crippen MR) is 76.5 cm³/mol. The Bertz CT molecular complexity index is 702. The number of hydrogen-bond acceptors (Lipinski definition) is 5. The van der Waals surface area contributed by atoms with Gasteiger partial charge >= 0.3 is 0 Å². The lowest BCUT2D eigenvalue weighted by atomic mass is 9.70. The van der Waals surface area contributed by atoms with E-state index in [2.05, 4.69) is 25.2 Å². The summed E-state index contributed by atoms with van der Waals surface area (Å²) in [5.74, 6) is 0.444. The highest BCUT2D eigenvalue weighted by Crippen LogP contribution is 2.45. The van der Waals surface area contributed by atoms with Crippen LogP contribution in [0.3, 0.4) is 0 Å². The van der Waals surface area contributed by atoms with Crippen LogP contribution in [-0.2, 0) is 4.79 Å². The van der Waals surface area contributed by atoms with Crippen LogP contribution in [0.25, 0.3) is 0 Å². The number of allylic oxidation sites excluding steroid dienone is 3. The summed E-state index contributed by atoms with van der Waals surface area (Å²) in [5.41, 5.74) is 7.65. The van der Waals surface area contributed by atoms with Crippen molar-refractivity contribution in [3.05, 3.63) is 46.8 Å². The number of dihydropyridines is 1. The molecule has 21 heavy (non-hydrogen) atoms. The van der Waals surface area contributed by atoms with Crippen molar-refractivity contribution in [3.63, 3.8) is 0 Å². The highest BCUT2D eigenvalue weighted by atomic mass is 16.3. The first-order valence-corrected chi connectivity index (χ1v) is 6.89. The molecule has 1 aromatic heterocycles. The van der Waals surface area contributed by atoms with Crippen molar-refractivity contribution >= 4 is 5.78 Å². The average Bonchev–Trinajstić information content (AvgIpc) is 2.88. The molecule has 1 aliphatic carbocycles. The highest BCUT2D eigenvalue weighted by molar-refractivity contribution is 6.00. The Morgan fingerprint density at radius 3 is 2.86 bits per heavy atom. The number of nitriles is 1. The van der Waals surface area contributed by atoms with Gasteiger partial charge in [0.25, 0.3) is 0 Å². The van der Waals surface area contributed by atoms with Crippen LogP contribution < -0.4 is 11.1 Å². The summed E-state index contributed by atoms with van der Waals surface area (Å²) in [6.07, 6.45) is 2.73. The zero-order valence-corrected chi connectivity index (χ0v) is 12.1. The van der Waals surface area contributed by atoms with Gasteiger partial charge in [-0.3, -0.25) is 4.79 Å². The van der Waals surface area contributed by atoms with Gasteiger partial charge in [0.1, 0.15) is 11.6 Å². The zero-order chi connectivity index (χ0) is 15.2. The summed E-state index contributed by atoms with van der Waals surface area (Å²) in [7, 11) is 0. The van der Waals surface area contributed by atoms with Crippen LogP contribution in [0.2, 0.25) is 0 Å². The number of carbonyl (C=O) groups is 1. The van der Waals surface area contributed by atoms with Crippen LogP contribution >= 0.6 is 0 Å². The fourth-order valence-corrected chi connectivity index (χ4v) is 3.18. The SMILES string of the molecule is CC1(C)CC(=O)C2=C(C1)NC(N)=C(C#N)C2c1ccco1. The fourth-order valence-electron chi connectivity index (χ4n) is 3.18. The first-order chi connectivity index (χ1) is 9.93. The van der Waals surface area contributed by atoms with E-state index in [0.717, 1.165) is 12.1 Å². The summed E-state index contributed by atoms with van der Waals surface area (Å²) in [4.78, 5) is 12.6. The van der Waals surface area contributed by atoms with E-state index in [1.54, 1.807) is 18.4 Å². The molecular formula is C16H17N3O2. The molecule has 1 unspecified atom stereocenters. The lowest BCUT2D eigenvalue weighted by molar-refractivity contribution is -0.118. The van der Waals surface area contributed by atoms with Crippen LogP contribution in [0.1, 0.15) is 38.4 Å². The van der Waals surface area contributed by atoms with Gasteiger partial charge in [-0.1, -0.05) is 13.8 Å². The normalized spacial score (nSPS) is 24.4. The first-order valence-electron chi connectivity index (χ1n) is 6.89. The molecule has 108 valence electrons. The Morgan fingerprint density at radius 1 is 1.48 bits per heavy atom. The fraction of sp³-hybridized carbons (Fsp3) is 0.375. The minimum atomic E-state index is -0.496. The molecule has 0 aromatic carbocycles. The standard InChI is InChI=1S/C16H17N3O2/c1-16(2)6-10-14(11(20)7-16)13(12-4-3-5-21-12)9(8-17)15(18)19-10/h3-5,13,19H,6-7,18H2,1-2H3. The summed E-state index contributed by atoms with van der Waals surface area (Å²) in [6.45, 7) is 4.11. The third-order valence-corrected chi connectivity index (χ3v) is 4.02. The van der Waals surface area contributed by atoms with Gasteiger partial charge < -0.3 is 15.5 Å². The second-order valence-corrected chi connectivity index (χ2v) is 6.35. The second-order valence-electron chi connectivity index (χ2n) is 6.35. The third-order valence-electron chi connectivity index (χ3n) is 4.02. The molecule has 0 spiro atoms. The Morgan fingerprint density at radius 2 is 2.24 bits per heavy atom. The molecule has 1 atom stereocenters. The minimum absolute atomic E-state index is 0.0513. The zero-order valence-electron chi connectivity index (χ0n) is 12.1. The van der Waals surface area contributed by atoms with Crippen molar-refractivity contribution in [1.82, 2.24) is 5.32 Å². The molecule has 1 aliphatic heterocycles. The Balaban J connectivity index is 2.17. The van der Waals surface area contributed by atoms with E-state index in [1.807, 2.05) is 0 Å². The van der Waals surface area contributed by atoms with Crippen molar-refractivity contribution in [2.45, 2.75) is 32.6 Å². The maximum Gasteiger partial charge on any atom is 0.162 e. The maximum atomic E-state index is 12.6. The molecule has 0 amide bonds. The minimum Gasteiger partial charge on any atom is -0.468 e. The van der Waals surface area contributed by atoms with E-state index < -0.39 is 5.92 Å². The summed E-state index contributed by atoms with van der Waals surface area (Å²) >= 11 is 0. The molecule has 5 nitrogen and oxygen atoms in total. The number of rotatable bonds is 1. The molecule has 1 aromatic rings. The largest absolute Gasteiger partial charge is 0.468 e. The van der Waals surface area contributed by atoms with Crippen molar-refractivity contribution < 1.29 is 9.21 Å². The molecule has 2 aliphatic rings. The van der Waals surface area contributed by atoms with Gasteiger partial charge in [-0.15, -0.1) is 0 Å². The quantitative estimate of drug-likeness (QED) is 0.825. The summed E-state index contributed by atoms with van der Waals surface area (Å²) in [5, 5.41) is 12.5. The van der Waals surface area contributed by atoms with Crippen LogP contribution in [0.4, 0.5) is 0 Å². The van der Waals surface area contributed by atoms with Gasteiger partial charge in [-0.05, 0) is 24.0 Å². The molecule has 2 heterocycles. The van der Waals surface area contributed by atoms with E-state index in [1.165, 1.54) is 0 Å². The van der Waals surface area contributed by atoms with Gasteiger partial charge in [-0.25, -0.2) is 0 Å². The van der Waals surface area contributed by atoms with Gasteiger partial charge in [0.2, 0.25) is 0 Å². The lowest BCUT2D eigenvalue weighted by Crippen LogP contribution is -2.39. The number of nitrogens with two attached hydrogens (primary N) is 1. The van der Waals surface area contributed by atoms with Crippen molar-refractivity contribution in [1.29, 1.82) is 5.26 Å². The predicted octanol–water partition coefficient (Wildman–Crippen LogP) is 2.30. The van der Waals surface area contributed by atoms with E-state index in [4.69, 9.17) is 10.2 Å². The Labute approximate surface area is 123 Å². The van der Waals surface area contributed by atoms with E-state index in [9.17, 15) is 10.1 Å². The van der Waals surface area contributed by atoms with E-state index in [-0.39, 0.29) is 11.2 Å². The smallest absolute Gasteiger partial charge is 0.162 e. The monoisotopic (exact) mass is 283 g/mol. The highest BCUT2D eigenvalue weighted by Gasteiger charge is 2.42. The second kappa shape index (κ2) is 4.52. The summed E-state index contributed by atoms with van der Waals surface area (Å²) in [6, 6.07) is 5.64. The third kappa shape index (κ3) is 2.13. The van der Waals surface area contributed by atoms with Crippen molar-refractivity contribution in [2.75, 3.05) is 0 Å². The molecule has 0 fully saturated rings. The van der Waals surface area contributed by atoms with Crippen molar-refractivity contribution in [2.24, 2.45) is 11.1 Å². The Kier molecular flexibility index (Phi) is 2.91. The van der Waals surface area contributed by atoms with Gasteiger partial charge in [0, 0.05) is 17.7 Å². The first kappa shape index (κ1) is 13.5. The molecule has 5 heteroatoms. The van der Waals surface area contributed by atoms with E-state index in [0.29, 0.717) is 29.1 Å². The summed E-state index contributed by atoms with van der Waals surface area (Å²) < 4.78 is 5.45. The van der Waals surface area contributed by atoms with Crippen molar-refractivity contribution in [3.8, 4) is 6.07 Å². The van der Waals surface area contributed by atoms with E-state index >= 15 is 0 Å². The molecule has 3 rings (SSSR count). The molecule has 0 radical (unpaired) electrons.